The molecule has 0 spiro atoms. The molecular formula is C26H36O8Si. The van der Waals surface area contributed by atoms with Crippen molar-refractivity contribution < 1.29 is 37.6 Å². The maximum Gasteiger partial charge on any atom is 0.336 e. The number of carbonyl (C=O) groups excluding carboxylic acids is 1. The average Bonchev–Trinajstić information content (AvgIpc) is 2.80. The van der Waals surface area contributed by atoms with Gasteiger partial charge in [0, 0.05) is 26.4 Å². The molecule has 0 atom stereocenters. The molecule has 0 fully saturated rings. The first-order valence-electron chi connectivity index (χ1n) is 11.1. The molecule has 2 rings (SSSR count). The van der Waals surface area contributed by atoms with Crippen LogP contribution in [-0.2, 0) is 14.3 Å². The third-order valence-corrected chi connectivity index (χ3v) is 9.91. The van der Waals surface area contributed by atoms with Crippen LogP contribution in [0.15, 0.2) is 42.5 Å². The predicted molar refractivity (Wildman–Crippen MR) is 137 cm³/mol. The lowest BCUT2D eigenvalue weighted by Crippen LogP contribution is -2.43. The standard InChI is InChI=1S/C26H36O8Si/c1-26(2,3)35(7,8)34-22-13-11-20(16-23(22)30-6)33-25(27)14-10-19-9-12-21(31-17-28-4)24(15-19)32-18-29-5/h9-16H,17-18H2,1-8H3/b14-10+. The van der Waals surface area contributed by atoms with Gasteiger partial charge in [0.25, 0.3) is 8.32 Å². The SMILES string of the molecule is COCOc1ccc(/C=C/C(=O)Oc2ccc(O[Si](C)(C)C(C)(C)C)c(OC)c2)cc1OCOC. The van der Waals surface area contributed by atoms with E-state index < -0.39 is 14.3 Å². The van der Waals surface area contributed by atoms with E-state index in [0.29, 0.717) is 34.3 Å². The van der Waals surface area contributed by atoms with E-state index >= 15 is 0 Å². The third-order valence-electron chi connectivity index (χ3n) is 5.57. The van der Waals surface area contributed by atoms with Gasteiger partial charge in [0.05, 0.1) is 7.11 Å². The Morgan fingerprint density at radius 3 is 2.09 bits per heavy atom. The van der Waals surface area contributed by atoms with Crippen molar-refractivity contribution in [3.05, 3.63) is 48.0 Å². The molecule has 0 bridgehead atoms. The minimum atomic E-state index is -2.05. The Kier molecular flexibility index (Phi) is 10.2. The van der Waals surface area contributed by atoms with Crippen LogP contribution in [0.3, 0.4) is 0 Å². The molecule has 0 heterocycles. The Morgan fingerprint density at radius 2 is 1.49 bits per heavy atom. The second-order valence-electron chi connectivity index (χ2n) is 9.24. The maximum atomic E-state index is 12.4. The van der Waals surface area contributed by atoms with Crippen LogP contribution in [-0.4, -0.2) is 49.2 Å². The zero-order valence-corrected chi connectivity index (χ0v) is 22.8. The average molecular weight is 505 g/mol. The van der Waals surface area contributed by atoms with Crippen LogP contribution in [0.4, 0.5) is 0 Å². The summed E-state index contributed by atoms with van der Waals surface area (Å²) in [5.74, 6) is 1.91. The van der Waals surface area contributed by atoms with E-state index in [1.807, 2.05) is 0 Å². The lowest BCUT2D eigenvalue weighted by Gasteiger charge is -2.36. The van der Waals surface area contributed by atoms with Gasteiger partial charge in [-0.25, -0.2) is 4.79 Å². The Bertz CT molecular complexity index is 1010. The molecule has 0 N–H and O–H groups in total. The number of carbonyl (C=O) groups is 1. The molecular weight excluding hydrogens is 468 g/mol. The zero-order chi connectivity index (χ0) is 26.1. The molecule has 0 aromatic heterocycles. The van der Waals surface area contributed by atoms with E-state index in [1.54, 1.807) is 49.6 Å². The summed E-state index contributed by atoms with van der Waals surface area (Å²) in [6.45, 7) is 11.0. The molecule has 0 amide bonds. The highest BCUT2D eigenvalue weighted by Crippen LogP contribution is 2.41. The molecule has 0 aliphatic rings. The van der Waals surface area contributed by atoms with Gasteiger partial charge in [-0.2, -0.15) is 0 Å². The third kappa shape index (κ3) is 8.31. The van der Waals surface area contributed by atoms with E-state index in [1.165, 1.54) is 20.3 Å². The van der Waals surface area contributed by atoms with Crippen LogP contribution in [0, 0.1) is 0 Å². The highest BCUT2D eigenvalue weighted by molar-refractivity contribution is 6.74. The first-order chi connectivity index (χ1) is 16.5. The Labute approximate surface area is 208 Å². The molecule has 2 aromatic rings. The molecule has 0 aliphatic heterocycles. The predicted octanol–water partition coefficient (Wildman–Crippen LogP) is 5.66. The largest absolute Gasteiger partial charge is 0.541 e. The number of esters is 1. The normalized spacial score (nSPS) is 11.9. The van der Waals surface area contributed by atoms with Gasteiger partial charge in [-0.3, -0.25) is 0 Å². The van der Waals surface area contributed by atoms with Crippen LogP contribution in [0.1, 0.15) is 26.3 Å². The fourth-order valence-corrected chi connectivity index (χ4v) is 3.67. The number of benzene rings is 2. The van der Waals surface area contributed by atoms with Crippen LogP contribution in [0.2, 0.25) is 18.1 Å². The summed E-state index contributed by atoms with van der Waals surface area (Å²) in [7, 11) is 2.56. The fraction of sp³-hybridized carbons (Fsp3) is 0.423. The highest BCUT2D eigenvalue weighted by atomic mass is 28.4. The van der Waals surface area contributed by atoms with E-state index in [-0.39, 0.29) is 18.6 Å². The summed E-state index contributed by atoms with van der Waals surface area (Å²) in [6, 6.07) is 10.3. The van der Waals surface area contributed by atoms with Gasteiger partial charge in [-0.1, -0.05) is 26.8 Å². The summed E-state index contributed by atoms with van der Waals surface area (Å²) in [6.07, 6.45) is 2.95. The van der Waals surface area contributed by atoms with E-state index in [2.05, 4.69) is 33.9 Å². The van der Waals surface area contributed by atoms with Crippen molar-refractivity contribution in [2.45, 2.75) is 38.9 Å². The second kappa shape index (κ2) is 12.6. The van der Waals surface area contributed by atoms with Gasteiger partial charge in [0.1, 0.15) is 11.5 Å². The quantitative estimate of drug-likeness (QED) is 0.120. The fourth-order valence-electron chi connectivity index (χ4n) is 2.64. The van der Waals surface area contributed by atoms with Gasteiger partial charge >= 0.3 is 5.97 Å². The summed E-state index contributed by atoms with van der Waals surface area (Å²) in [4.78, 5) is 12.4. The van der Waals surface area contributed by atoms with E-state index in [4.69, 9.17) is 32.8 Å². The molecule has 35 heavy (non-hydrogen) atoms. The molecule has 0 aliphatic carbocycles. The summed E-state index contributed by atoms with van der Waals surface area (Å²) < 4.78 is 38.2. The van der Waals surface area contributed by atoms with Crippen molar-refractivity contribution in [3.63, 3.8) is 0 Å². The van der Waals surface area contributed by atoms with E-state index in [9.17, 15) is 4.79 Å². The maximum absolute atomic E-state index is 12.4. The van der Waals surface area contributed by atoms with Gasteiger partial charge in [0.15, 0.2) is 30.8 Å². The minimum absolute atomic E-state index is 0.0382. The van der Waals surface area contributed by atoms with Crippen molar-refractivity contribution >= 4 is 20.4 Å². The Balaban J connectivity index is 2.12. The number of ether oxygens (including phenoxy) is 6. The monoisotopic (exact) mass is 504 g/mol. The summed E-state index contributed by atoms with van der Waals surface area (Å²) in [5, 5.41) is 0.0382. The topological polar surface area (TPSA) is 81.7 Å². The van der Waals surface area contributed by atoms with Crippen LogP contribution in [0.25, 0.3) is 6.08 Å². The first-order valence-corrected chi connectivity index (χ1v) is 14.1. The summed E-state index contributed by atoms with van der Waals surface area (Å²) >= 11 is 0. The van der Waals surface area contributed by atoms with Crippen molar-refractivity contribution in [1.82, 2.24) is 0 Å². The molecule has 2 aromatic carbocycles. The zero-order valence-electron chi connectivity index (χ0n) is 21.8. The molecule has 0 saturated heterocycles. The van der Waals surface area contributed by atoms with E-state index in [0.717, 1.165) is 0 Å². The lowest BCUT2D eigenvalue weighted by atomic mass is 10.2. The van der Waals surface area contributed by atoms with Gasteiger partial charge in [0.2, 0.25) is 0 Å². The van der Waals surface area contributed by atoms with Crippen molar-refractivity contribution in [2.75, 3.05) is 34.9 Å². The molecule has 192 valence electrons. The molecule has 0 unspecified atom stereocenters. The van der Waals surface area contributed by atoms with Crippen molar-refractivity contribution in [1.29, 1.82) is 0 Å². The summed E-state index contributed by atoms with van der Waals surface area (Å²) in [5.41, 5.74) is 0.716. The molecule has 0 radical (unpaired) electrons. The Hall–Kier alpha value is -3.01. The first kappa shape index (κ1) is 28.2. The second-order valence-corrected chi connectivity index (χ2v) is 14.0. The molecule has 9 heteroatoms. The smallest absolute Gasteiger partial charge is 0.336 e. The number of rotatable bonds is 12. The number of hydrogen-bond acceptors (Lipinski definition) is 8. The van der Waals surface area contributed by atoms with Crippen LogP contribution >= 0.6 is 0 Å². The van der Waals surface area contributed by atoms with Gasteiger partial charge in [-0.15, -0.1) is 0 Å². The number of hydrogen-bond donors (Lipinski definition) is 0. The number of methoxy groups -OCH3 is 3. The molecule has 0 saturated carbocycles. The van der Waals surface area contributed by atoms with Crippen molar-refractivity contribution in [2.24, 2.45) is 0 Å². The van der Waals surface area contributed by atoms with Gasteiger partial charge < -0.3 is 32.8 Å². The molecule has 8 nitrogen and oxygen atoms in total. The van der Waals surface area contributed by atoms with Crippen LogP contribution < -0.4 is 23.4 Å². The van der Waals surface area contributed by atoms with Crippen LogP contribution in [0.5, 0.6) is 28.7 Å². The van der Waals surface area contributed by atoms with Crippen molar-refractivity contribution in [3.8, 4) is 28.7 Å². The minimum Gasteiger partial charge on any atom is -0.541 e. The van der Waals surface area contributed by atoms with Gasteiger partial charge in [-0.05, 0) is 54.0 Å². The Morgan fingerprint density at radius 1 is 0.857 bits per heavy atom. The highest BCUT2D eigenvalue weighted by Gasteiger charge is 2.39. The lowest BCUT2D eigenvalue weighted by molar-refractivity contribution is -0.128.